The van der Waals surface area contributed by atoms with E-state index in [4.69, 9.17) is 13.9 Å². The van der Waals surface area contributed by atoms with Crippen molar-refractivity contribution in [1.29, 1.82) is 0 Å². The fraction of sp³-hybridized carbons (Fsp3) is 0.500. The van der Waals surface area contributed by atoms with Crippen molar-refractivity contribution in [1.82, 2.24) is 5.32 Å². The van der Waals surface area contributed by atoms with Gasteiger partial charge in [0.15, 0.2) is 5.76 Å². The van der Waals surface area contributed by atoms with Gasteiger partial charge in [-0.15, -0.1) is 0 Å². The third kappa shape index (κ3) is 3.33. The highest BCUT2D eigenvalue weighted by atomic mass is 16.5. The molecule has 1 aromatic heterocycles. The number of carbonyl (C=O) groups excluding carboxylic acids is 1. The molecule has 1 unspecified atom stereocenters. The molecule has 1 atom stereocenters. The van der Waals surface area contributed by atoms with Crippen molar-refractivity contribution >= 4 is 11.9 Å². The highest BCUT2D eigenvalue weighted by Gasteiger charge is 2.16. The van der Waals surface area contributed by atoms with E-state index in [1.54, 1.807) is 12.1 Å². The first-order valence-electron chi connectivity index (χ1n) is 5.84. The van der Waals surface area contributed by atoms with Crippen LogP contribution in [0.3, 0.4) is 0 Å². The third-order valence-corrected chi connectivity index (χ3v) is 2.62. The Morgan fingerprint density at radius 1 is 1.67 bits per heavy atom. The van der Waals surface area contributed by atoms with Gasteiger partial charge in [0, 0.05) is 6.61 Å². The predicted molar refractivity (Wildman–Crippen MR) is 64.5 cm³/mol. The Morgan fingerprint density at radius 2 is 2.56 bits per heavy atom. The lowest BCUT2D eigenvalue weighted by Gasteiger charge is -2.08. The smallest absolute Gasteiger partial charge is 0.294 e. The first-order valence-corrected chi connectivity index (χ1v) is 5.84. The maximum absolute atomic E-state index is 11.7. The van der Waals surface area contributed by atoms with Crippen LogP contribution in [0.1, 0.15) is 23.4 Å². The number of nitrogens with zero attached hydrogens (tertiary/aromatic N) is 1. The van der Waals surface area contributed by atoms with Gasteiger partial charge in [0.25, 0.3) is 11.9 Å². The number of rotatable bonds is 3. The number of amidine groups is 1. The van der Waals surface area contributed by atoms with Crippen molar-refractivity contribution in [3.8, 4) is 0 Å². The van der Waals surface area contributed by atoms with Gasteiger partial charge < -0.3 is 13.9 Å². The first-order chi connectivity index (χ1) is 8.79. The van der Waals surface area contributed by atoms with Gasteiger partial charge in [0.05, 0.1) is 26.0 Å². The molecule has 1 aliphatic heterocycles. The van der Waals surface area contributed by atoms with Gasteiger partial charge in [-0.05, 0) is 25.0 Å². The van der Waals surface area contributed by atoms with E-state index in [-0.39, 0.29) is 23.8 Å². The zero-order chi connectivity index (χ0) is 12.8. The zero-order valence-corrected chi connectivity index (χ0v) is 10.2. The molecule has 1 saturated heterocycles. The van der Waals surface area contributed by atoms with Crippen LogP contribution in [0.15, 0.2) is 27.8 Å². The molecular weight excluding hydrogens is 236 g/mol. The fourth-order valence-electron chi connectivity index (χ4n) is 1.69. The zero-order valence-electron chi connectivity index (χ0n) is 10.2. The second kappa shape index (κ2) is 6.20. The van der Waals surface area contributed by atoms with E-state index in [9.17, 15) is 4.79 Å². The number of nitrogens with one attached hydrogen (secondary N) is 1. The van der Waals surface area contributed by atoms with Gasteiger partial charge in [0.1, 0.15) is 0 Å². The third-order valence-electron chi connectivity index (χ3n) is 2.62. The van der Waals surface area contributed by atoms with Crippen LogP contribution < -0.4 is 5.32 Å². The number of carbonyl (C=O) groups is 1. The lowest BCUT2D eigenvalue weighted by molar-refractivity contribution is 0.0939. The molecule has 0 spiro atoms. The maximum Gasteiger partial charge on any atom is 0.294 e. The van der Waals surface area contributed by atoms with Gasteiger partial charge in [-0.2, -0.15) is 0 Å². The van der Waals surface area contributed by atoms with Crippen molar-refractivity contribution < 1.29 is 18.7 Å². The monoisotopic (exact) mass is 252 g/mol. The quantitative estimate of drug-likeness (QED) is 0.648. The fourth-order valence-corrected chi connectivity index (χ4v) is 1.69. The summed E-state index contributed by atoms with van der Waals surface area (Å²) in [5.74, 6) is -0.162. The van der Waals surface area contributed by atoms with Crippen molar-refractivity contribution in [2.75, 3.05) is 20.3 Å². The molecule has 2 heterocycles. The van der Waals surface area contributed by atoms with E-state index in [0.29, 0.717) is 6.54 Å². The number of furan rings is 1. The summed E-state index contributed by atoms with van der Waals surface area (Å²) < 4.78 is 15.4. The SMILES string of the molecule is COC(=NCC1CCCO1)NC(=O)c1ccco1. The van der Waals surface area contributed by atoms with E-state index < -0.39 is 0 Å². The van der Waals surface area contributed by atoms with Crippen LogP contribution in [0.5, 0.6) is 0 Å². The standard InChI is InChI=1S/C12H16N2O4/c1-16-12(13-8-9-4-2-6-17-9)14-11(15)10-5-3-7-18-10/h3,5,7,9H,2,4,6,8H2,1H3,(H,13,14,15). The number of ether oxygens (including phenoxy) is 2. The van der Waals surface area contributed by atoms with Crippen molar-refractivity contribution in [2.24, 2.45) is 4.99 Å². The summed E-state index contributed by atoms with van der Waals surface area (Å²) in [5, 5.41) is 2.53. The van der Waals surface area contributed by atoms with Gasteiger partial charge in [-0.1, -0.05) is 0 Å². The predicted octanol–water partition coefficient (Wildman–Crippen LogP) is 1.19. The number of aliphatic imine (C=N–C) groups is 1. The Labute approximate surface area is 105 Å². The molecule has 6 nitrogen and oxygen atoms in total. The molecule has 1 aliphatic rings. The average Bonchev–Trinajstić information content (AvgIpc) is 3.05. The van der Waals surface area contributed by atoms with Gasteiger partial charge in [-0.25, -0.2) is 4.99 Å². The average molecular weight is 252 g/mol. The van der Waals surface area contributed by atoms with E-state index >= 15 is 0 Å². The molecule has 0 bridgehead atoms. The molecule has 2 rings (SSSR count). The van der Waals surface area contributed by atoms with Crippen LogP contribution in [0.25, 0.3) is 0 Å². The summed E-state index contributed by atoms with van der Waals surface area (Å²) in [6.45, 7) is 1.27. The second-order valence-corrected chi connectivity index (χ2v) is 3.92. The van der Waals surface area contributed by atoms with Gasteiger partial charge >= 0.3 is 0 Å². The van der Waals surface area contributed by atoms with Crippen LogP contribution in [0.4, 0.5) is 0 Å². The van der Waals surface area contributed by atoms with Crippen molar-refractivity contribution in [3.05, 3.63) is 24.2 Å². The topological polar surface area (TPSA) is 73.1 Å². The Balaban J connectivity index is 1.88. The molecule has 1 N–H and O–H groups in total. The molecule has 1 amide bonds. The minimum atomic E-state index is -0.382. The molecule has 18 heavy (non-hydrogen) atoms. The highest BCUT2D eigenvalue weighted by molar-refractivity contribution is 6.02. The van der Waals surface area contributed by atoms with Crippen LogP contribution in [0.2, 0.25) is 0 Å². The lowest BCUT2D eigenvalue weighted by Crippen LogP contribution is -2.32. The summed E-state index contributed by atoms with van der Waals surface area (Å²) in [6, 6.07) is 3.39. The highest BCUT2D eigenvalue weighted by Crippen LogP contribution is 2.11. The Morgan fingerprint density at radius 3 is 3.17 bits per heavy atom. The van der Waals surface area contributed by atoms with E-state index in [0.717, 1.165) is 19.4 Å². The number of amides is 1. The van der Waals surface area contributed by atoms with Crippen molar-refractivity contribution in [2.45, 2.75) is 18.9 Å². The number of hydrogen-bond donors (Lipinski definition) is 1. The van der Waals surface area contributed by atoms with Crippen LogP contribution in [-0.4, -0.2) is 38.3 Å². The molecule has 1 fully saturated rings. The Kier molecular flexibility index (Phi) is 4.35. The molecule has 0 aromatic carbocycles. The summed E-state index contributed by atoms with van der Waals surface area (Å²) >= 11 is 0. The first kappa shape index (κ1) is 12.6. The molecule has 0 radical (unpaired) electrons. The van der Waals surface area contributed by atoms with E-state index in [1.807, 2.05) is 0 Å². The lowest BCUT2D eigenvalue weighted by atomic mass is 10.2. The molecule has 0 aliphatic carbocycles. The van der Waals surface area contributed by atoms with E-state index in [2.05, 4.69) is 10.3 Å². The number of methoxy groups -OCH3 is 1. The van der Waals surface area contributed by atoms with Crippen LogP contribution in [0, 0.1) is 0 Å². The Hall–Kier alpha value is -1.82. The van der Waals surface area contributed by atoms with Gasteiger partial charge in [-0.3, -0.25) is 10.1 Å². The number of hydrogen-bond acceptors (Lipinski definition) is 5. The second-order valence-electron chi connectivity index (χ2n) is 3.92. The van der Waals surface area contributed by atoms with Crippen LogP contribution >= 0.6 is 0 Å². The molecule has 0 saturated carbocycles. The van der Waals surface area contributed by atoms with Crippen molar-refractivity contribution in [3.63, 3.8) is 0 Å². The minimum absolute atomic E-state index is 0.121. The Bertz CT molecular complexity index is 408. The minimum Gasteiger partial charge on any atom is -0.468 e. The summed E-state index contributed by atoms with van der Waals surface area (Å²) in [4.78, 5) is 15.8. The summed E-state index contributed by atoms with van der Waals surface area (Å²) in [7, 11) is 1.46. The van der Waals surface area contributed by atoms with Gasteiger partial charge in [0.2, 0.25) is 0 Å². The molecule has 6 heteroatoms. The molecule has 1 aromatic rings. The molecular formula is C12H16N2O4. The largest absolute Gasteiger partial charge is 0.468 e. The van der Waals surface area contributed by atoms with Crippen LogP contribution in [-0.2, 0) is 9.47 Å². The maximum atomic E-state index is 11.7. The van der Waals surface area contributed by atoms with E-state index in [1.165, 1.54) is 13.4 Å². The summed E-state index contributed by atoms with van der Waals surface area (Å²) in [5.41, 5.74) is 0. The summed E-state index contributed by atoms with van der Waals surface area (Å²) in [6.07, 6.45) is 3.61. The normalized spacial score (nSPS) is 19.8. The molecule has 98 valence electrons.